The molecule has 0 aromatic carbocycles. The van der Waals surface area contributed by atoms with E-state index >= 15 is 0 Å². The first-order valence-corrected chi connectivity index (χ1v) is 20.0. The highest BCUT2D eigenvalue weighted by molar-refractivity contribution is 7.19. The van der Waals surface area contributed by atoms with Crippen molar-refractivity contribution in [2.75, 3.05) is 0 Å². The molecular formula is C22H48Cl2Si2. The molecule has 0 aromatic rings. The highest BCUT2D eigenvalue weighted by Crippen LogP contribution is 2.20. The van der Waals surface area contributed by atoms with Crippen LogP contribution in [0.5, 0.6) is 0 Å². The summed E-state index contributed by atoms with van der Waals surface area (Å²) < 4.78 is 0. The molecule has 0 rings (SSSR count). The summed E-state index contributed by atoms with van der Waals surface area (Å²) >= 11 is 12.7. The van der Waals surface area contributed by atoms with E-state index in [9.17, 15) is 0 Å². The van der Waals surface area contributed by atoms with E-state index in [0.29, 0.717) is 0 Å². The van der Waals surface area contributed by atoms with Crippen LogP contribution in [0.1, 0.15) is 103 Å². The van der Waals surface area contributed by atoms with E-state index in [0.717, 1.165) is 0 Å². The van der Waals surface area contributed by atoms with Gasteiger partial charge in [0.1, 0.15) is 14.8 Å². The maximum absolute atomic E-state index is 6.35. The van der Waals surface area contributed by atoms with E-state index in [1.165, 1.54) is 115 Å². The molecule has 0 bridgehead atoms. The third-order valence-electron chi connectivity index (χ3n) is 5.29. The fourth-order valence-corrected chi connectivity index (χ4v) is 6.55. The Morgan fingerprint density at radius 3 is 0.654 bits per heavy atom. The van der Waals surface area contributed by atoms with Gasteiger partial charge in [0, 0.05) is 0 Å². The van der Waals surface area contributed by atoms with Crippen LogP contribution in [0.4, 0.5) is 0 Å². The van der Waals surface area contributed by atoms with Crippen LogP contribution in [-0.4, -0.2) is 14.8 Å². The largest absolute Gasteiger partial charge is 0.168 e. The Morgan fingerprint density at radius 2 is 0.500 bits per heavy atom. The Kier molecular flexibility index (Phi) is 17.6. The molecular weight excluding hydrogens is 391 g/mol. The number of rotatable bonds is 19. The highest BCUT2D eigenvalue weighted by Gasteiger charge is 2.15. The van der Waals surface area contributed by atoms with Crippen LogP contribution in [-0.2, 0) is 0 Å². The Hall–Kier alpha value is 1.01. The molecule has 0 aliphatic rings. The topological polar surface area (TPSA) is 0 Å². The fourth-order valence-electron chi connectivity index (χ4n) is 3.57. The monoisotopic (exact) mass is 438 g/mol. The van der Waals surface area contributed by atoms with Gasteiger partial charge in [-0.3, -0.25) is 0 Å². The molecule has 0 heterocycles. The molecule has 0 saturated heterocycles. The molecule has 158 valence electrons. The zero-order valence-electron chi connectivity index (χ0n) is 18.5. The molecule has 0 amide bonds. The summed E-state index contributed by atoms with van der Waals surface area (Å²) in [7, 11) is -2.61. The van der Waals surface area contributed by atoms with Gasteiger partial charge in [-0.05, 0) is 12.1 Å². The second-order valence-electron chi connectivity index (χ2n) is 9.59. The van der Waals surface area contributed by atoms with Crippen molar-refractivity contribution >= 4 is 36.9 Å². The van der Waals surface area contributed by atoms with Crippen LogP contribution in [0, 0.1) is 0 Å². The summed E-state index contributed by atoms with van der Waals surface area (Å²) in [6, 6.07) is 2.59. The van der Waals surface area contributed by atoms with Crippen molar-refractivity contribution in [2.45, 2.75) is 141 Å². The number of unbranched alkanes of at least 4 members (excludes halogenated alkanes) is 15. The third-order valence-corrected chi connectivity index (χ3v) is 9.51. The molecule has 0 saturated carbocycles. The van der Waals surface area contributed by atoms with E-state index in [2.05, 4.69) is 26.2 Å². The summed E-state index contributed by atoms with van der Waals surface area (Å²) in [6.45, 7) is 9.05. The van der Waals surface area contributed by atoms with E-state index in [-0.39, 0.29) is 0 Å². The quantitative estimate of drug-likeness (QED) is 0.107. The van der Waals surface area contributed by atoms with Crippen molar-refractivity contribution in [1.29, 1.82) is 0 Å². The van der Waals surface area contributed by atoms with Crippen LogP contribution in [0.3, 0.4) is 0 Å². The van der Waals surface area contributed by atoms with Crippen LogP contribution in [0.25, 0.3) is 0 Å². The Labute approximate surface area is 177 Å². The molecule has 0 spiro atoms. The second kappa shape index (κ2) is 16.9. The van der Waals surface area contributed by atoms with Crippen LogP contribution in [0.2, 0.25) is 38.3 Å². The van der Waals surface area contributed by atoms with E-state index < -0.39 is 14.8 Å². The van der Waals surface area contributed by atoms with Gasteiger partial charge in [-0.15, -0.1) is 0 Å². The Morgan fingerprint density at radius 1 is 0.346 bits per heavy atom. The first kappa shape index (κ1) is 27.0. The maximum Gasteiger partial charge on any atom is 0.150 e. The minimum atomic E-state index is -1.30. The first-order chi connectivity index (χ1) is 12.2. The van der Waals surface area contributed by atoms with Gasteiger partial charge in [0.25, 0.3) is 0 Å². The molecule has 0 fully saturated rings. The third kappa shape index (κ3) is 25.0. The number of halogens is 2. The van der Waals surface area contributed by atoms with Crippen molar-refractivity contribution in [3.05, 3.63) is 0 Å². The Balaban J connectivity index is 3.07. The molecule has 0 aliphatic heterocycles. The van der Waals surface area contributed by atoms with Gasteiger partial charge in [-0.1, -0.05) is 129 Å². The molecule has 0 unspecified atom stereocenters. The van der Waals surface area contributed by atoms with Crippen LogP contribution < -0.4 is 0 Å². The van der Waals surface area contributed by atoms with E-state index in [1.54, 1.807) is 0 Å². The molecule has 0 aromatic heterocycles. The van der Waals surface area contributed by atoms with Crippen LogP contribution in [0.15, 0.2) is 0 Å². The maximum atomic E-state index is 6.35. The summed E-state index contributed by atoms with van der Waals surface area (Å²) in [5, 5.41) is 0. The fraction of sp³-hybridized carbons (Fsp3) is 1.00. The van der Waals surface area contributed by atoms with Gasteiger partial charge in [0.05, 0.1) is 0 Å². The van der Waals surface area contributed by atoms with Crippen LogP contribution >= 0.6 is 22.2 Å². The summed E-state index contributed by atoms with van der Waals surface area (Å²) in [5.41, 5.74) is 0. The van der Waals surface area contributed by atoms with Crippen molar-refractivity contribution < 1.29 is 0 Å². The smallest absolute Gasteiger partial charge is 0.150 e. The molecule has 26 heavy (non-hydrogen) atoms. The lowest BCUT2D eigenvalue weighted by Gasteiger charge is -2.11. The zero-order chi connectivity index (χ0) is 19.7. The van der Waals surface area contributed by atoms with Gasteiger partial charge in [-0.25, -0.2) is 0 Å². The van der Waals surface area contributed by atoms with Crippen molar-refractivity contribution in [2.24, 2.45) is 0 Å². The number of hydrogen-bond donors (Lipinski definition) is 0. The predicted molar refractivity (Wildman–Crippen MR) is 130 cm³/mol. The van der Waals surface area contributed by atoms with E-state index in [4.69, 9.17) is 22.2 Å². The second-order valence-corrected chi connectivity index (χ2v) is 23.6. The standard InChI is InChI=1S/C22H48Cl2Si2/c1-25(2,23)21-19-17-15-13-11-9-7-5-6-8-10-12-14-16-18-20-22-26(3,4)24/h5-22H2,1-4H3. The normalized spacial score (nSPS) is 12.7. The highest BCUT2D eigenvalue weighted by atomic mass is 35.6. The van der Waals surface area contributed by atoms with Crippen molar-refractivity contribution in [3.63, 3.8) is 0 Å². The average Bonchev–Trinajstić information content (AvgIpc) is 2.51. The lowest BCUT2D eigenvalue weighted by atomic mass is 10.0. The van der Waals surface area contributed by atoms with Gasteiger partial charge in [-0.2, -0.15) is 22.2 Å². The minimum Gasteiger partial charge on any atom is -0.168 e. The van der Waals surface area contributed by atoms with Gasteiger partial charge < -0.3 is 0 Å². The zero-order valence-corrected chi connectivity index (χ0v) is 22.0. The Bertz CT molecular complexity index is 265. The van der Waals surface area contributed by atoms with Gasteiger partial charge >= 0.3 is 0 Å². The minimum absolute atomic E-state index is 1.29. The lowest BCUT2D eigenvalue weighted by Crippen LogP contribution is -2.14. The van der Waals surface area contributed by atoms with E-state index in [1.807, 2.05) is 0 Å². The summed E-state index contributed by atoms with van der Waals surface area (Å²) in [6.07, 6.45) is 22.9. The lowest BCUT2D eigenvalue weighted by molar-refractivity contribution is 0.531. The first-order valence-electron chi connectivity index (χ1n) is 11.6. The molecule has 0 N–H and O–H groups in total. The van der Waals surface area contributed by atoms with Gasteiger partial charge in [0.15, 0.2) is 0 Å². The molecule has 0 atom stereocenters. The summed E-state index contributed by atoms with van der Waals surface area (Å²) in [5.74, 6) is 0. The van der Waals surface area contributed by atoms with Gasteiger partial charge in [0.2, 0.25) is 0 Å². The SMILES string of the molecule is C[Si](C)(Cl)CCCCCCCCCCCCCCCCCC[Si](C)(C)Cl. The molecule has 0 radical (unpaired) electrons. The molecule has 0 nitrogen and oxygen atoms in total. The summed E-state index contributed by atoms with van der Waals surface area (Å²) in [4.78, 5) is 0. The van der Waals surface area contributed by atoms with Crippen molar-refractivity contribution in [1.82, 2.24) is 0 Å². The predicted octanol–water partition coefficient (Wildman–Crippen LogP) is 10.1. The number of hydrogen-bond acceptors (Lipinski definition) is 0. The van der Waals surface area contributed by atoms with Crippen molar-refractivity contribution in [3.8, 4) is 0 Å². The molecule has 0 aliphatic carbocycles. The molecule has 4 heteroatoms. The average molecular weight is 440 g/mol.